The average Bonchev–Trinajstić information content (AvgIpc) is 3.17. The zero-order chi connectivity index (χ0) is 35.0. The molecular formula is C42H38N4O4. The first-order valence-electron chi connectivity index (χ1n) is 16.2. The predicted molar refractivity (Wildman–Crippen MR) is 201 cm³/mol. The number of amides is 2. The summed E-state index contributed by atoms with van der Waals surface area (Å²) in [4.78, 5) is 29.2. The van der Waals surface area contributed by atoms with E-state index in [0.717, 1.165) is 45.6 Å². The zero-order valence-electron chi connectivity index (χ0n) is 28.4. The van der Waals surface area contributed by atoms with Crippen molar-refractivity contribution < 1.29 is 19.1 Å². The van der Waals surface area contributed by atoms with Crippen LogP contribution in [0.1, 0.15) is 26.3 Å². The maximum absolute atomic E-state index is 13.0. The second-order valence-electron chi connectivity index (χ2n) is 11.6. The Kier molecular flexibility index (Phi) is 10.1. The van der Waals surface area contributed by atoms with Crippen LogP contribution in [0.15, 0.2) is 146 Å². The summed E-state index contributed by atoms with van der Waals surface area (Å²) in [5, 5.41) is 5.55. The molecule has 2 amide bonds. The summed E-state index contributed by atoms with van der Waals surface area (Å²) in [5.41, 5.74) is 8.62. The van der Waals surface area contributed by atoms with Crippen LogP contribution in [-0.2, 0) is 0 Å². The highest BCUT2D eigenvalue weighted by Gasteiger charge is 2.17. The van der Waals surface area contributed by atoms with E-state index >= 15 is 0 Å². The molecule has 8 nitrogen and oxygen atoms in total. The number of nitrogens with one attached hydrogen (secondary N) is 2. The van der Waals surface area contributed by atoms with E-state index in [1.807, 2.05) is 72.8 Å². The molecule has 0 atom stereocenters. The summed E-state index contributed by atoms with van der Waals surface area (Å²) in [6.45, 7) is 2.07. The number of rotatable bonds is 11. The van der Waals surface area contributed by atoms with Crippen molar-refractivity contribution >= 4 is 51.6 Å². The van der Waals surface area contributed by atoms with E-state index in [-0.39, 0.29) is 11.8 Å². The third-order valence-corrected chi connectivity index (χ3v) is 8.34. The van der Waals surface area contributed by atoms with Crippen molar-refractivity contribution in [3.63, 3.8) is 0 Å². The van der Waals surface area contributed by atoms with Gasteiger partial charge in [-0.25, -0.2) is 0 Å². The van der Waals surface area contributed by atoms with Crippen molar-refractivity contribution in [3.05, 3.63) is 162 Å². The summed E-state index contributed by atoms with van der Waals surface area (Å²) >= 11 is 0. The molecule has 0 aliphatic rings. The lowest BCUT2D eigenvalue weighted by atomic mass is 10.1. The second kappa shape index (κ2) is 15.1. The van der Waals surface area contributed by atoms with Crippen LogP contribution in [0.5, 0.6) is 11.5 Å². The lowest BCUT2D eigenvalue weighted by molar-refractivity contribution is 0.0961. The molecule has 2 N–H and O–H groups in total. The molecule has 0 aliphatic carbocycles. The molecule has 6 rings (SSSR count). The second-order valence-corrected chi connectivity index (χ2v) is 11.6. The van der Waals surface area contributed by atoms with Crippen LogP contribution in [0.25, 0.3) is 0 Å². The molecule has 6 aromatic rings. The van der Waals surface area contributed by atoms with Crippen LogP contribution in [-0.4, -0.2) is 33.1 Å². The van der Waals surface area contributed by atoms with E-state index in [1.54, 1.807) is 45.5 Å². The highest BCUT2D eigenvalue weighted by Crippen LogP contribution is 2.40. The van der Waals surface area contributed by atoms with E-state index in [9.17, 15) is 9.59 Å². The van der Waals surface area contributed by atoms with Gasteiger partial charge in [0.1, 0.15) is 11.5 Å². The van der Waals surface area contributed by atoms with E-state index < -0.39 is 0 Å². The van der Waals surface area contributed by atoms with Crippen molar-refractivity contribution in [3.8, 4) is 11.5 Å². The number of hydrogen-bond acceptors (Lipinski definition) is 6. The molecule has 0 aliphatic heterocycles. The first-order valence-corrected chi connectivity index (χ1v) is 16.2. The van der Waals surface area contributed by atoms with Crippen LogP contribution in [0, 0.1) is 6.92 Å². The molecule has 0 heterocycles. The largest absolute Gasteiger partial charge is 0.497 e. The van der Waals surface area contributed by atoms with Gasteiger partial charge in [0.2, 0.25) is 0 Å². The summed E-state index contributed by atoms with van der Waals surface area (Å²) in [6.07, 6.45) is 0. The highest BCUT2D eigenvalue weighted by molar-refractivity contribution is 6.05. The van der Waals surface area contributed by atoms with Crippen LogP contribution in [0.2, 0.25) is 0 Å². The van der Waals surface area contributed by atoms with E-state index in [4.69, 9.17) is 9.47 Å². The van der Waals surface area contributed by atoms with Crippen molar-refractivity contribution in [2.45, 2.75) is 6.92 Å². The first kappa shape index (κ1) is 33.4. The lowest BCUT2D eigenvalue weighted by Crippen LogP contribution is -2.18. The fourth-order valence-electron chi connectivity index (χ4n) is 5.62. The van der Waals surface area contributed by atoms with Crippen LogP contribution < -0.4 is 29.9 Å². The van der Waals surface area contributed by atoms with Gasteiger partial charge < -0.3 is 29.9 Å². The number of carbonyl (C=O) groups excluding carboxylic acids is 2. The molecule has 0 radical (unpaired) electrons. The molecule has 0 bridgehead atoms. The Morgan fingerprint density at radius 1 is 0.460 bits per heavy atom. The molecule has 50 heavy (non-hydrogen) atoms. The lowest BCUT2D eigenvalue weighted by Gasteiger charge is -2.28. The third kappa shape index (κ3) is 7.45. The molecule has 0 fully saturated rings. The number of hydrogen-bond donors (Lipinski definition) is 2. The Bertz CT molecular complexity index is 2000. The van der Waals surface area contributed by atoms with E-state index in [0.29, 0.717) is 16.8 Å². The monoisotopic (exact) mass is 662 g/mol. The maximum Gasteiger partial charge on any atom is 0.255 e. The van der Waals surface area contributed by atoms with Crippen molar-refractivity contribution in [1.29, 1.82) is 0 Å². The smallest absolute Gasteiger partial charge is 0.255 e. The quantitative estimate of drug-likeness (QED) is 0.144. The summed E-state index contributed by atoms with van der Waals surface area (Å²) in [7, 11) is 4.90. The maximum atomic E-state index is 13.0. The number of aryl methyl sites for hydroxylation is 1. The molecule has 0 saturated heterocycles. The molecule has 0 aromatic heterocycles. The SMILES string of the molecule is CNC(=O)c1ccc(C(=O)Nc2ccc(N(c3ccc(C)cc3)c3ccc(N(c4ccc(OC)cc4)c4ccc(OC)cc4)cc3)cc2)cc1. The summed E-state index contributed by atoms with van der Waals surface area (Å²) < 4.78 is 10.8. The Morgan fingerprint density at radius 2 is 0.780 bits per heavy atom. The fraction of sp³-hybridized carbons (Fsp3) is 0.0952. The fourth-order valence-corrected chi connectivity index (χ4v) is 5.62. The van der Waals surface area contributed by atoms with Gasteiger partial charge in [0.15, 0.2) is 0 Å². The minimum Gasteiger partial charge on any atom is -0.497 e. The van der Waals surface area contributed by atoms with Gasteiger partial charge in [-0.1, -0.05) is 17.7 Å². The third-order valence-electron chi connectivity index (χ3n) is 8.34. The van der Waals surface area contributed by atoms with Crippen LogP contribution in [0.3, 0.4) is 0 Å². The number of methoxy groups -OCH3 is 2. The van der Waals surface area contributed by atoms with Gasteiger partial charge in [0.05, 0.1) is 14.2 Å². The molecule has 8 heteroatoms. The van der Waals surface area contributed by atoms with Gasteiger partial charge >= 0.3 is 0 Å². The van der Waals surface area contributed by atoms with E-state index in [2.05, 4.69) is 75.9 Å². The average molecular weight is 663 g/mol. The van der Waals surface area contributed by atoms with Gasteiger partial charge in [0, 0.05) is 58.0 Å². The van der Waals surface area contributed by atoms with Crippen molar-refractivity contribution in [2.24, 2.45) is 0 Å². The van der Waals surface area contributed by atoms with Crippen molar-refractivity contribution in [2.75, 3.05) is 36.4 Å². The number of carbonyl (C=O) groups is 2. The Labute approximate surface area is 292 Å². The van der Waals surface area contributed by atoms with Gasteiger partial charge in [-0.2, -0.15) is 0 Å². The number of nitrogens with zero attached hydrogens (tertiary/aromatic N) is 2. The molecule has 250 valence electrons. The van der Waals surface area contributed by atoms with Gasteiger partial charge in [-0.3, -0.25) is 9.59 Å². The standard InChI is InChI=1S/C42H38N4O4/c1-29-5-13-33(14-6-29)45(34-15-11-32(12-16-34)44-42(48)31-9-7-30(8-10-31)41(47)43-2)35-17-19-36(20-18-35)46(37-21-25-39(49-3)26-22-37)38-23-27-40(50-4)28-24-38/h5-28H,1-4H3,(H,43,47)(H,44,48). The van der Waals surface area contributed by atoms with Gasteiger partial charge in [-0.05, 0) is 140 Å². The topological polar surface area (TPSA) is 83.1 Å². The van der Waals surface area contributed by atoms with Crippen LogP contribution in [0.4, 0.5) is 39.8 Å². The van der Waals surface area contributed by atoms with Crippen molar-refractivity contribution in [1.82, 2.24) is 5.32 Å². The Morgan fingerprint density at radius 3 is 1.14 bits per heavy atom. The minimum absolute atomic E-state index is 0.202. The molecule has 0 spiro atoms. The summed E-state index contributed by atoms with van der Waals surface area (Å²) in [6, 6.07) is 47.1. The molecule has 0 unspecified atom stereocenters. The highest BCUT2D eigenvalue weighted by atomic mass is 16.5. The molecule has 6 aromatic carbocycles. The number of benzene rings is 6. The molecular weight excluding hydrogens is 624 g/mol. The van der Waals surface area contributed by atoms with Gasteiger partial charge in [0.25, 0.3) is 11.8 Å². The number of ether oxygens (including phenoxy) is 2. The van der Waals surface area contributed by atoms with E-state index in [1.165, 1.54) is 5.56 Å². The minimum atomic E-state index is -0.259. The predicted octanol–water partition coefficient (Wildman–Crippen LogP) is 9.56. The summed E-state index contributed by atoms with van der Waals surface area (Å²) in [5.74, 6) is 1.11. The Balaban J connectivity index is 1.30. The van der Waals surface area contributed by atoms with Crippen LogP contribution >= 0.6 is 0 Å². The normalized spacial score (nSPS) is 10.6. The van der Waals surface area contributed by atoms with Gasteiger partial charge in [-0.15, -0.1) is 0 Å². The molecule has 0 saturated carbocycles. The first-order chi connectivity index (χ1) is 24.4. The Hall–Kier alpha value is -6.54. The zero-order valence-corrected chi connectivity index (χ0v) is 28.4. The number of anilines is 7.